The first-order valence-corrected chi connectivity index (χ1v) is 8.75. The number of hydrogen-bond donors (Lipinski definition) is 0. The summed E-state index contributed by atoms with van der Waals surface area (Å²) in [6.07, 6.45) is 0. The van der Waals surface area contributed by atoms with Gasteiger partial charge < -0.3 is 0 Å². The lowest BCUT2D eigenvalue weighted by Gasteiger charge is -2.08. The van der Waals surface area contributed by atoms with Gasteiger partial charge in [0.15, 0.2) is 5.82 Å². The fourth-order valence-corrected chi connectivity index (χ4v) is 3.00. The van der Waals surface area contributed by atoms with Gasteiger partial charge >= 0.3 is 0 Å². The van der Waals surface area contributed by atoms with E-state index < -0.39 is 0 Å². The second-order valence-corrected chi connectivity index (χ2v) is 6.35. The van der Waals surface area contributed by atoms with Crippen LogP contribution in [-0.2, 0) is 0 Å². The molecule has 0 unspecified atom stereocenters. The van der Waals surface area contributed by atoms with E-state index in [1.807, 2.05) is 43.3 Å². The lowest BCUT2D eigenvalue weighted by Crippen LogP contribution is -1.95. The van der Waals surface area contributed by atoms with Crippen molar-refractivity contribution in [3.05, 3.63) is 96.2 Å². The van der Waals surface area contributed by atoms with Crippen LogP contribution in [0.1, 0.15) is 11.3 Å². The molecule has 0 radical (unpaired) electrons. The molecule has 1 heterocycles. The summed E-state index contributed by atoms with van der Waals surface area (Å²) in [7, 11) is 0. The van der Waals surface area contributed by atoms with Crippen LogP contribution < -0.4 is 0 Å². The second kappa shape index (κ2) is 7.23. The molecule has 0 amide bonds. The maximum atomic E-state index is 8.97. The first kappa shape index (κ1) is 16.7. The minimum absolute atomic E-state index is 0.640. The van der Waals surface area contributed by atoms with Gasteiger partial charge in [0.1, 0.15) is 0 Å². The Balaban J connectivity index is 1.69. The van der Waals surface area contributed by atoms with E-state index in [1.54, 1.807) is 12.1 Å². The predicted octanol–water partition coefficient (Wildman–Crippen LogP) is 5.66. The summed E-state index contributed by atoms with van der Waals surface area (Å²) in [5.41, 5.74) is 6.71. The van der Waals surface area contributed by atoms with E-state index in [9.17, 15) is 0 Å². The lowest BCUT2D eigenvalue weighted by atomic mass is 10.0. The quantitative estimate of drug-likeness (QED) is 0.480. The maximum Gasteiger partial charge on any atom is 0.160 e. The zero-order chi connectivity index (χ0) is 18.6. The summed E-state index contributed by atoms with van der Waals surface area (Å²) in [6.45, 7) is 1.97. The SMILES string of the molecule is Cc1cc(-c2ccc(C#N)cc2)nc(-c2ccc(-c3ccccc3)cc2)n1. The number of aryl methyl sites for hydroxylation is 1. The Hall–Kier alpha value is -3.77. The molecule has 128 valence electrons. The highest BCUT2D eigenvalue weighted by molar-refractivity contribution is 5.69. The van der Waals surface area contributed by atoms with Gasteiger partial charge in [-0.05, 0) is 36.2 Å². The molecule has 4 rings (SSSR count). The van der Waals surface area contributed by atoms with E-state index in [-0.39, 0.29) is 0 Å². The summed E-state index contributed by atoms with van der Waals surface area (Å²) in [5, 5.41) is 8.97. The summed E-state index contributed by atoms with van der Waals surface area (Å²) < 4.78 is 0. The van der Waals surface area contributed by atoms with Gasteiger partial charge in [-0.1, -0.05) is 66.7 Å². The van der Waals surface area contributed by atoms with Gasteiger partial charge in [-0.25, -0.2) is 9.97 Å². The highest BCUT2D eigenvalue weighted by atomic mass is 14.9. The maximum absolute atomic E-state index is 8.97. The molecule has 3 nitrogen and oxygen atoms in total. The largest absolute Gasteiger partial charge is 0.233 e. The molecular weight excluding hydrogens is 330 g/mol. The summed E-state index contributed by atoms with van der Waals surface area (Å²) >= 11 is 0. The molecule has 0 saturated heterocycles. The van der Waals surface area contributed by atoms with Crippen LogP contribution in [0.3, 0.4) is 0 Å². The first-order chi connectivity index (χ1) is 13.2. The second-order valence-electron chi connectivity index (χ2n) is 6.35. The van der Waals surface area contributed by atoms with E-state index >= 15 is 0 Å². The van der Waals surface area contributed by atoms with E-state index in [1.165, 1.54) is 11.1 Å². The molecule has 0 bridgehead atoms. The summed E-state index contributed by atoms with van der Waals surface area (Å²) in [4.78, 5) is 9.34. The van der Waals surface area contributed by atoms with E-state index in [2.05, 4.69) is 47.5 Å². The molecule has 1 aromatic heterocycles. The Labute approximate surface area is 158 Å². The molecule has 4 aromatic rings. The topological polar surface area (TPSA) is 49.6 Å². The van der Waals surface area contributed by atoms with Gasteiger partial charge in [0.05, 0.1) is 17.3 Å². The van der Waals surface area contributed by atoms with Crippen LogP contribution in [0, 0.1) is 18.3 Å². The minimum atomic E-state index is 0.640. The van der Waals surface area contributed by atoms with Crippen molar-refractivity contribution in [3.8, 4) is 39.8 Å². The number of aromatic nitrogens is 2. The van der Waals surface area contributed by atoms with E-state index in [4.69, 9.17) is 10.2 Å². The van der Waals surface area contributed by atoms with Gasteiger partial charge in [0.25, 0.3) is 0 Å². The van der Waals surface area contributed by atoms with Crippen LogP contribution in [0.5, 0.6) is 0 Å². The molecular formula is C24H17N3. The lowest BCUT2D eigenvalue weighted by molar-refractivity contribution is 1.11. The van der Waals surface area contributed by atoms with Crippen molar-refractivity contribution in [3.63, 3.8) is 0 Å². The summed E-state index contributed by atoms with van der Waals surface area (Å²) in [6, 6.07) is 30.1. The van der Waals surface area contributed by atoms with Gasteiger partial charge in [-0.3, -0.25) is 0 Å². The Bertz CT molecular complexity index is 1110. The number of nitrogens with zero attached hydrogens (tertiary/aromatic N) is 3. The molecule has 0 aliphatic rings. The minimum Gasteiger partial charge on any atom is -0.233 e. The zero-order valence-electron chi connectivity index (χ0n) is 14.9. The Morgan fingerprint density at radius 3 is 1.93 bits per heavy atom. The normalized spacial score (nSPS) is 10.4. The molecule has 3 heteroatoms. The van der Waals surface area contributed by atoms with Crippen LogP contribution in [0.15, 0.2) is 84.9 Å². The van der Waals surface area contributed by atoms with Crippen LogP contribution in [0.2, 0.25) is 0 Å². The number of benzene rings is 3. The molecule has 3 aromatic carbocycles. The molecule has 0 saturated carbocycles. The van der Waals surface area contributed by atoms with Crippen molar-refractivity contribution >= 4 is 0 Å². The molecule has 0 N–H and O–H groups in total. The highest BCUT2D eigenvalue weighted by Crippen LogP contribution is 2.25. The molecule has 0 aliphatic carbocycles. The smallest absolute Gasteiger partial charge is 0.160 e. The number of hydrogen-bond acceptors (Lipinski definition) is 3. The summed E-state index contributed by atoms with van der Waals surface area (Å²) in [5.74, 6) is 0.703. The molecule has 0 aliphatic heterocycles. The van der Waals surface area contributed by atoms with Crippen LogP contribution >= 0.6 is 0 Å². The third-order valence-corrected chi connectivity index (χ3v) is 4.41. The first-order valence-electron chi connectivity index (χ1n) is 8.75. The van der Waals surface area contributed by atoms with Crippen LogP contribution in [0.4, 0.5) is 0 Å². The number of nitriles is 1. The standard InChI is InChI=1S/C24H17N3/c1-17-15-23(21-9-7-18(16-25)8-10-21)27-24(26-17)22-13-11-20(12-14-22)19-5-3-2-4-6-19/h2-15H,1H3. The highest BCUT2D eigenvalue weighted by Gasteiger charge is 2.08. The average molecular weight is 347 g/mol. The third-order valence-electron chi connectivity index (χ3n) is 4.41. The van der Waals surface area contributed by atoms with Crippen molar-refractivity contribution in [2.24, 2.45) is 0 Å². The van der Waals surface area contributed by atoms with Crippen LogP contribution in [-0.4, -0.2) is 9.97 Å². The van der Waals surface area contributed by atoms with Gasteiger partial charge in [-0.15, -0.1) is 0 Å². The van der Waals surface area contributed by atoms with Gasteiger partial charge in [0.2, 0.25) is 0 Å². The van der Waals surface area contributed by atoms with Crippen molar-refractivity contribution in [2.75, 3.05) is 0 Å². The van der Waals surface area contributed by atoms with Crippen molar-refractivity contribution in [1.29, 1.82) is 5.26 Å². The van der Waals surface area contributed by atoms with Crippen LogP contribution in [0.25, 0.3) is 33.8 Å². The van der Waals surface area contributed by atoms with Crippen molar-refractivity contribution in [1.82, 2.24) is 9.97 Å². The van der Waals surface area contributed by atoms with Gasteiger partial charge in [0, 0.05) is 16.8 Å². The average Bonchev–Trinajstić information content (AvgIpc) is 2.74. The molecule has 0 fully saturated rings. The predicted molar refractivity (Wildman–Crippen MR) is 108 cm³/mol. The fourth-order valence-electron chi connectivity index (χ4n) is 3.00. The molecule has 0 atom stereocenters. The van der Waals surface area contributed by atoms with Crippen molar-refractivity contribution in [2.45, 2.75) is 6.92 Å². The number of rotatable bonds is 3. The van der Waals surface area contributed by atoms with Gasteiger partial charge in [-0.2, -0.15) is 5.26 Å². The Morgan fingerprint density at radius 1 is 0.667 bits per heavy atom. The monoisotopic (exact) mass is 347 g/mol. The fraction of sp³-hybridized carbons (Fsp3) is 0.0417. The molecule has 27 heavy (non-hydrogen) atoms. The zero-order valence-corrected chi connectivity index (χ0v) is 14.9. The third kappa shape index (κ3) is 3.61. The van der Waals surface area contributed by atoms with Crippen molar-refractivity contribution < 1.29 is 0 Å². The molecule has 0 spiro atoms. The van der Waals surface area contributed by atoms with E-state index in [0.717, 1.165) is 22.5 Å². The Morgan fingerprint density at radius 2 is 1.26 bits per heavy atom. The van der Waals surface area contributed by atoms with E-state index in [0.29, 0.717) is 11.4 Å². The Kier molecular flexibility index (Phi) is 4.47.